The van der Waals surface area contributed by atoms with Crippen molar-refractivity contribution in [2.24, 2.45) is 5.92 Å². The number of hydrogen-bond donors (Lipinski definition) is 0. The molecule has 7 nitrogen and oxygen atoms in total. The molecule has 1 atom stereocenters. The van der Waals surface area contributed by atoms with E-state index in [1.807, 2.05) is 0 Å². The highest BCUT2D eigenvalue weighted by molar-refractivity contribution is 5.76. The van der Waals surface area contributed by atoms with Crippen LogP contribution < -0.4 is 0 Å². The van der Waals surface area contributed by atoms with E-state index >= 15 is 0 Å². The van der Waals surface area contributed by atoms with Gasteiger partial charge in [0.1, 0.15) is 0 Å². The summed E-state index contributed by atoms with van der Waals surface area (Å²) < 4.78 is 52.6. The minimum absolute atomic E-state index is 0.0222. The second-order valence-electron chi connectivity index (χ2n) is 7.58. The average Bonchev–Trinajstić information content (AvgIpc) is 3.19. The second kappa shape index (κ2) is 7.74. The lowest BCUT2D eigenvalue weighted by atomic mass is 9.86. The Morgan fingerprint density at radius 1 is 1.38 bits per heavy atom. The maximum absolute atomic E-state index is 14.0. The van der Waals surface area contributed by atoms with Crippen molar-refractivity contribution in [3.05, 3.63) is 30.4 Å². The van der Waals surface area contributed by atoms with Crippen LogP contribution in [0.3, 0.4) is 0 Å². The average molecular weight is 410 g/mol. The Morgan fingerprint density at radius 3 is 2.90 bits per heavy atom. The minimum Gasteiger partial charge on any atom is -0.381 e. The molecule has 29 heavy (non-hydrogen) atoms. The molecule has 1 amide bonds. The molecule has 2 aliphatic rings. The Morgan fingerprint density at radius 2 is 2.21 bits per heavy atom. The van der Waals surface area contributed by atoms with Gasteiger partial charge in [0.15, 0.2) is 5.41 Å². The standard InChI is InChI=1S/C19H21F3N4O3/c20-19(21,22)18(17-24-16(25-29-17)14-2-1-7-23-10-14)6-8-26(12-18)15(27)5-9-28-11-13-3-4-13/h1-2,7,10,13H,3-6,8-9,11-12H2. The van der Waals surface area contributed by atoms with Crippen molar-refractivity contribution in [3.8, 4) is 11.4 Å². The maximum Gasteiger partial charge on any atom is 0.405 e. The molecule has 1 aliphatic carbocycles. The highest BCUT2D eigenvalue weighted by atomic mass is 19.4. The normalized spacial score (nSPS) is 22.2. The van der Waals surface area contributed by atoms with E-state index in [1.165, 1.54) is 17.3 Å². The van der Waals surface area contributed by atoms with Gasteiger partial charge in [-0.15, -0.1) is 0 Å². The summed E-state index contributed by atoms with van der Waals surface area (Å²) in [5, 5.41) is 3.69. The molecule has 4 rings (SSSR count). The van der Waals surface area contributed by atoms with Crippen LogP contribution in [0.1, 0.15) is 31.6 Å². The summed E-state index contributed by atoms with van der Waals surface area (Å²) in [5.41, 5.74) is -1.91. The highest BCUT2D eigenvalue weighted by Crippen LogP contribution is 2.47. The first-order chi connectivity index (χ1) is 13.9. The van der Waals surface area contributed by atoms with E-state index in [1.54, 1.807) is 12.1 Å². The number of halogens is 3. The summed E-state index contributed by atoms with van der Waals surface area (Å²) in [5.74, 6) is -0.278. The van der Waals surface area contributed by atoms with Crippen LogP contribution in [0.2, 0.25) is 0 Å². The van der Waals surface area contributed by atoms with E-state index in [9.17, 15) is 18.0 Å². The summed E-state index contributed by atoms with van der Waals surface area (Å²) in [6, 6.07) is 3.26. The number of carbonyl (C=O) groups excluding carboxylic acids is 1. The van der Waals surface area contributed by atoms with Crippen molar-refractivity contribution in [3.63, 3.8) is 0 Å². The number of likely N-dealkylation sites (tertiary alicyclic amines) is 1. The monoisotopic (exact) mass is 410 g/mol. The molecular formula is C19H21F3N4O3. The zero-order valence-corrected chi connectivity index (χ0v) is 15.7. The number of aromatic nitrogens is 3. The van der Waals surface area contributed by atoms with E-state index in [0.29, 0.717) is 18.1 Å². The molecule has 0 aromatic carbocycles. The summed E-state index contributed by atoms with van der Waals surface area (Å²) in [4.78, 5) is 21.5. The van der Waals surface area contributed by atoms with Crippen molar-refractivity contribution < 1.29 is 27.2 Å². The third-order valence-electron chi connectivity index (χ3n) is 5.43. The molecular weight excluding hydrogens is 389 g/mol. The van der Waals surface area contributed by atoms with Crippen molar-refractivity contribution in [2.45, 2.75) is 37.3 Å². The van der Waals surface area contributed by atoms with Gasteiger partial charge in [-0.1, -0.05) is 5.16 Å². The van der Waals surface area contributed by atoms with Gasteiger partial charge in [-0.25, -0.2) is 0 Å². The van der Waals surface area contributed by atoms with Gasteiger partial charge >= 0.3 is 6.18 Å². The van der Waals surface area contributed by atoms with Gasteiger partial charge in [0.2, 0.25) is 17.6 Å². The van der Waals surface area contributed by atoms with Crippen LogP contribution in [-0.2, 0) is 14.9 Å². The van der Waals surface area contributed by atoms with E-state index in [-0.39, 0.29) is 37.7 Å². The minimum atomic E-state index is -4.64. The molecule has 0 bridgehead atoms. The number of rotatable bonds is 7. The Hall–Kier alpha value is -2.49. The fourth-order valence-corrected chi connectivity index (χ4v) is 3.43. The van der Waals surface area contributed by atoms with E-state index in [2.05, 4.69) is 15.1 Å². The van der Waals surface area contributed by atoms with Gasteiger partial charge < -0.3 is 14.2 Å². The molecule has 3 heterocycles. The zero-order chi connectivity index (χ0) is 20.5. The largest absolute Gasteiger partial charge is 0.405 e. The molecule has 1 aliphatic heterocycles. The Bertz CT molecular complexity index is 854. The molecule has 2 aromatic rings. The van der Waals surface area contributed by atoms with E-state index in [0.717, 1.165) is 12.8 Å². The van der Waals surface area contributed by atoms with Crippen LogP contribution in [0.15, 0.2) is 29.0 Å². The smallest absolute Gasteiger partial charge is 0.381 e. The van der Waals surface area contributed by atoms with Gasteiger partial charge in [-0.2, -0.15) is 18.2 Å². The van der Waals surface area contributed by atoms with Crippen LogP contribution >= 0.6 is 0 Å². The van der Waals surface area contributed by atoms with Gasteiger partial charge in [0.05, 0.1) is 13.0 Å². The zero-order valence-electron chi connectivity index (χ0n) is 15.7. The van der Waals surface area contributed by atoms with Gasteiger partial charge in [-0.05, 0) is 37.3 Å². The third-order valence-corrected chi connectivity index (χ3v) is 5.43. The molecule has 0 spiro atoms. The molecule has 156 valence electrons. The SMILES string of the molecule is O=C(CCOCC1CC1)N1CCC(c2nc(-c3cccnc3)no2)(C(F)(F)F)C1. The first kappa shape index (κ1) is 19.8. The van der Waals surface area contributed by atoms with E-state index < -0.39 is 24.0 Å². The number of hydrogen-bond acceptors (Lipinski definition) is 6. The van der Waals surface area contributed by atoms with Crippen LogP contribution in [-0.4, -0.2) is 58.4 Å². The summed E-state index contributed by atoms with van der Waals surface area (Å²) in [7, 11) is 0. The topological polar surface area (TPSA) is 81.4 Å². The van der Waals surface area contributed by atoms with Crippen molar-refractivity contribution in [1.29, 1.82) is 0 Å². The third kappa shape index (κ3) is 4.12. The number of nitrogens with zero attached hydrogens (tertiary/aromatic N) is 4. The predicted octanol–water partition coefficient (Wildman–Crippen LogP) is 2.98. The maximum atomic E-state index is 14.0. The van der Waals surface area contributed by atoms with Gasteiger partial charge in [-0.3, -0.25) is 9.78 Å². The molecule has 0 N–H and O–H groups in total. The fraction of sp³-hybridized carbons (Fsp3) is 0.579. The predicted molar refractivity (Wildman–Crippen MR) is 94.6 cm³/mol. The second-order valence-corrected chi connectivity index (χ2v) is 7.58. The van der Waals surface area contributed by atoms with Gasteiger partial charge in [0, 0.05) is 37.7 Å². The first-order valence-electron chi connectivity index (χ1n) is 9.56. The van der Waals surface area contributed by atoms with Crippen molar-refractivity contribution >= 4 is 5.91 Å². The van der Waals surface area contributed by atoms with Crippen molar-refractivity contribution in [2.75, 3.05) is 26.3 Å². The summed E-state index contributed by atoms with van der Waals surface area (Å²) >= 11 is 0. The number of amides is 1. The number of ether oxygens (including phenoxy) is 1. The number of alkyl halides is 3. The molecule has 2 fully saturated rings. The number of pyridine rings is 1. The lowest BCUT2D eigenvalue weighted by molar-refractivity contribution is -0.193. The van der Waals surface area contributed by atoms with Crippen LogP contribution in [0, 0.1) is 5.92 Å². The number of carbonyl (C=O) groups is 1. The van der Waals surface area contributed by atoms with Crippen LogP contribution in [0.25, 0.3) is 11.4 Å². The van der Waals surface area contributed by atoms with Gasteiger partial charge in [0.25, 0.3) is 0 Å². The molecule has 1 unspecified atom stereocenters. The Kier molecular flexibility index (Phi) is 5.28. The summed E-state index contributed by atoms with van der Waals surface area (Å²) in [6.07, 6.45) is 0.366. The summed E-state index contributed by atoms with van der Waals surface area (Å²) in [6.45, 7) is 0.271. The van der Waals surface area contributed by atoms with E-state index in [4.69, 9.17) is 9.26 Å². The quantitative estimate of drug-likeness (QED) is 0.653. The molecule has 2 aromatic heterocycles. The Labute approximate surface area is 165 Å². The molecule has 1 saturated heterocycles. The van der Waals surface area contributed by atoms with Crippen molar-refractivity contribution in [1.82, 2.24) is 20.0 Å². The van der Waals surface area contributed by atoms with Crippen LogP contribution in [0.4, 0.5) is 13.2 Å². The highest BCUT2D eigenvalue weighted by Gasteiger charge is 2.63. The lowest BCUT2D eigenvalue weighted by Crippen LogP contribution is -2.46. The van der Waals surface area contributed by atoms with Crippen LogP contribution in [0.5, 0.6) is 0 Å². The Balaban J connectivity index is 1.47. The molecule has 1 saturated carbocycles. The lowest BCUT2D eigenvalue weighted by Gasteiger charge is -2.28. The molecule has 10 heteroatoms. The first-order valence-corrected chi connectivity index (χ1v) is 9.56. The molecule has 0 radical (unpaired) electrons. The fourth-order valence-electron chi connectivity index (χ4n) is 3.43.